The number of ether oxygens (including phenoxy) is 1. The summed E-state index contributed by atoms with van der Waals surface area (Å²) in [5.74, 6) is 0.310. The van der Waals surface area contributed by atoms with Gasteiger partial charge in [-0.25, -0.2) is 4.98 Å². The summed E-state index contributed by atoms with van der Waals surface area (Å²) in [6.07, 6.45) is 0. The van der Waals surface area contributed by atoms with Gasteiger partial charge in [0.15, 0.2) is 0 Å². The molecule has 4 aromatic rings. The number of hydrogen-bond acceptors (Lipinski definition) is 4. The summed E-state index contributed by atoms with van der Waals surface area (Å²) in [7, 11) is 0. The zero-order chi connectivity index (χ0) is 20.1. The standard InChI is InChI=1S/C24H16ClN3O/c1-13-5-4-7-15-11-18(23(25)28-21(13)15)20-17-10-9-14-6-2-3-8-16(14)22(17)29-24(27)19(20)12-26/h2-11,20H,27H2,1H3. The summed E-state index contributed by atoms with van der Waals surface area (Å²) in [6.45, 7) is 2.00. The molecule has 0 fully saturated rings. The van der Waals surface area contributed by atoms with Crippen molar-refractivity contribution in [3.63, 3.8) is 0 Å². The van der Waals surface area contributed by atoms with Gasteiger partial charge in [-0.2, -0.15) is 5.26 Å². The molecule has 1 aliphatic heterocycles. The van der Waals surface area contributed by atoms with E-state index in [1.54, 1.807) is 0 Å². The van der Waals surface area contributed by atoms with Crippen molar-refractivity contribution in [2.24, 2.45) is 5.73 Å². The Balaban J connectivity index is 1.83. The number of pyridine rings is 1. The van der Waals surface area contributed by atoms with Gasteiger partial charge in [-0.05, 0) is 23.9 Å². The molecule has 0 spiro atoms. The molecular formula is C24H16ClN3O. The number of rotatable bonds is 1. The summed E-state index contributed by atoms with van der Waals surface area (Å²) in [6, 6.07) is 22.1. The number of aromatic nitrogens is 1. The Hall–Kier alpha value is -3.55. The molecule has 2 N–H and O–H groups in total. The zero-order valence-electron chi connectivity index (χ0n) is 15.6. The second-order valence-electron chi connectivity index (χ2n) is 7.14. The van der Waals surface area contributed by atoms with E-state index >= 15 is 0 Å². The fourth-order valence-electron chi connectivity index (χ4n) is 4.05. The molecule has 0 bridgehead atoms. The molecule has 3 aromatic carbocycles. The number of benzene rings is 3. The molecule has 4 nitrogen and oxygen atoms in total. The van der Waals surface area contributed by atoms with Crippen molar-refractivity contribution in [1.29, 1.82) is 5.26 Å². The van der Waals surface area contributed by atoms with Crippen LogP contribution >= 0.6 is 11.6 Å². The minimum Gasteiger partial charge on any atom is -0.440 e. The van der Waals surface area contributed by atoms with E-state index in [1.165, 1.54) is 0 Å². The van der Waals surface area contributed by atoms with Crippen LogP contribution in [0.5, 0.6) is 5.75 Å². The highest BCUT2D eigenvalue weighted by Gasteiger charge is 2.33. The monoisotopic (exact) mass is 397 g/mol. The maximum Gasteiger partial charge on any atom is 0.205 e. The molecule has 1 unspecified atom stereocenters. The van der Waals surface area contributed by atoms with Crippen molar-refractivity contribution in [1.82, 2.24) is 4.98 Å². The highest BCUT2D eigenvalue weighted by Crippen LogP contribution is 2.47. The molecule has 29 heavy (non-hydrogen) atoms. The lowest BCUT2D eigenvalue weighted by molar-refractivity contribution is 0.398. The first kappa shape index (κ1) is 17.5. The summed E-state index contributed by atoms with van der Waals surface area (Å²) in [4.78, 5) is 4.63. The van der Waals surface area contributed by atoms with E-state index in [9.17, 15) is 5.26 Å². The Morgan fingerprint density at radius 3 is 2.66 bits per heavy atom. The van der Waals surface area contributed by atoms with Crippen molar-refractivity contribution in [3.05, 3.63) is 94.0 Å². The number of para-hydroxylation sites is 1. The first-order valence-electron chi connectivity index (χ1n) is 9.23. The first-order chi connectivity index (χ1) is 14.1. The smallest absolute Gasteiger partial charge is 0.205 e. The number of aryl methyl sites for hydroxylation is 1. The van der Waals surface area contributed by atoms with Gasteiger partial charge >= 0.3 is 0 Å². The summed E-state index contributed by atoms with van der Waals surface area (Å²) >= 11 is 6.64. The van der Waals surface area contributed by atoms with Crippen LogP contribution in [0.15, 0.2) is 72.1 Å². The predicted octanol–water partition coefficient (Wildman–Crippen LogP) is 5.57. The second kappa shape index (κ2) is 6.51. The molecule has 0 saturated carbocycles. The molecule has 0 amide bonds. The third-order valence-electron chi connectivity index (χ3n) is 5.45. The van der Waals surface area contributed by atoms with Gasteiger partial charge in [0, 0.05) is 21.9 Å². The van der Waals surface area contributed by atoms with Crippen LogP contribution < -0.4 is 10.5 Å². The Labute approximate surface area is 172 Å². The van der Waals surface area contributed by atoms with E-state index in [0.717, 1.165) is 38.4 Å². The van der Waals surface area contributed by atoms with Crippen molar-refractivity contribution < 1.29 is 4.74 Å². The first-order valence-corrected chi connectivity index (χ1v) is 9.61. The Morgan fingerprint density at radius 2 is 1.83 bits per heavy atom. The Bertz CT molecular complexity index is 1380. The minimum absolute atomic E-state index is 0.0989. The van der Waals surface area contributed by atoms with Crippen molar-refractivity contribution in [2.45, 2.75) is 12.8 Å². The molecule has 0 saturated heterocycles. The average molecular weight is 398 g/mol. The van der Waals surface area contributed by atoms with E-state index < -0.39 is 5.92 Å². The minimum atomic E-state index is -0.446. The highest BCUT2D eigenvalue weighted by molar-refractivity contribution is 6.30. The zero-order valence-corrected chi connectivity index (χ0v) is 16.4. The van der Waals surface area contributed by atoms with E-state index in [1.807, 2.05) is 67.6 Å². The largest absolute Gasteiger partial charge is 0.440 e. The number of hydrogen-bond donors (Lipinski definition) is 1. The Morgan fingerprint density at radius 1 is 1.03 bits per heavy atom. The van der Waals surface area contributed by atoms with Crippen LogP contribution in [0.4, 0.5) is 0 Å². The van der Waals surface area contributed by atoms with Crippen LogP contribution in [-0.4, -0.2) is 4.98 Å². The molecule has 1 aromatic heterocycles. The van der Waals surface area contributed by atoms with Gasteiger partial charge in [0.1, 0.15) is 22.5 Å². The van der Waals surface area contributed by atoms with Crippen molar-refractivity contribution >= 4 is 33.3 Å². The van der Waals surface area contributed by atoms with Crippen LogP contribution in [0.3, 0.4) is 0 Å². The SMILES string of the molecule is Cc1cccc2cc(C3C(C#N)=C(N)Oc4c3ccc3ccccc43)c(Cl)nc12. The Kier molecular flexibility index (Phi) is 3.94. The van der Waals surface area contributed by atoms with Crippen molar-refractivity contribution in [3.8, 4) is 11.8 Å². The molecule has 5 heteroatoms. The number of nitrogens with two attached hydrogens (primary N) is 1. The van der Waals surface area contributed by atoms with Crippen molar-refractivity contribution in [2.75, 3.05) is 0 Å². The molecule has 0 aliphatic carbocycles. The molecule has 5 rings (SSSR count). The molecule has 1 aliphatic rings. The van der Waals surface area contributed by atoms with Crippen LogP contribution in [0, 0.1) is 18.3 Å². The van der Waals surface area contributed by atoms with Crippen LogP contribution in [0.2, 0.25) is 5.15 Å². The van der Waals surface area contributed by atoms with Gasteiger partial charge in [0.25, 0.3) is 0 Å². The van der Waals surface area contributed by atoms with Gasteiger partial charge in [-0.1, -0.05) is 66.2 Å². The van der Waals surface area contributed by atoms with Crippen LogP contribution in [0.25, 0.3) is 21.7 Å². The fraction of sp³-hybridized carbons (Fsp3) is 0.0833. The number of nitrogens with zero attached hydrogens (tertiary/aromatic N) is 2. The molecule has 140 valence electrons. The van der Waals surface area contributed by atoms with Gasteiger partial charge in [-0.3, -0.25) is 0 Å². The number of nitriles is 1. The topological polar surface area (TPSA) is 71.9 Å². The van der Waals surface area contributed by atoms with Crippen LogP contribution in [0.1, 0.15) is 22.6 Å². The number of halogens is 1. The molecule has 0 radical (unpaired) electrons. The van der Waals surface area contributed by atoms with E-state index in [0.29, 0.717) is 16.5 Å². The normalized spacial score (nSPS) is 15.8. The van der Waals surface area contributed by atoms with Gasteiger partial charge < -0.3 is 10.5 Å². The lowest BCUT2D eigenvalue weighted by atomic mass is 9.82. The quantitative estimate of drug-likeness (QED) is 0.426. The fourth-order valence-corrected chi connectivity index (χ4v) is 4.30. The predicted molar refractivity (Wildman–Crippen MR) is 115 cm³/mol. The molecular weight excluding hydrogens is 382 g/mol. The van der Waals surface area contributed by atoms with E-state index in [2.05, 4.69) is 11.1 Å². The molecule has 1 atom stereocenters. The van der Waals surface area contributed by atoms with Gasteiger partial charge in [0.2, 0.25) is 5.88 Å². The summed E-state index contributed by atoms with van der Waals surface area (Å²) < 4.78 is 5.92. The maximum absolute atomic E-state index is 9.85. The third-order valence-corrected chi connectivity index (χ3v) is 5.75. The third kappa shape index (κ3) is 2.63. The van der Waals surface area contributed by atoms with Gasteiger partial charge in [0.05, 0.1) is 11.4 Å². The van der Waals surface area contributed by atoms with E-state index in [4.69, 9.17) is 22.1 Å². The van der Waals surface area contributed by atoms with Crippen LogP contribution in [-0.2, 0) is 0 Å². The highest BCUT2D eigenvalue weighted by atomic mass is 35.5. The lowest BCUT2D eigenvalue weighted by Gasteiger charge is -2.28. The van der Waals surface area contributed by atoms with Gasteiger partial charge in [-0.15, -0.1) is 0 Å². The second-order valence-corrected chi connectivity index (χ2v) is 7.50. The van der Waals surface area contributed by atoms with E-state index in [-0.39, 0.29) is 5.88 Å². The summed E-state index contributed by atoms with van der Waals surface area (Å²) in [5.41, 5.74) is 10.0. The average Bonchev–Trinajstić information content (AvgIpc) is 2.73. The maximum atomic E-state index is 9.85. The summed E-state index contributed by atoms with van der Waals surface area (Å²) in [5, 5.41) is 13.2. The number of fused-ring (bicyclic) bond motifs is 4. The molecule has 2 heterocycles. The number of allylic oxidation sites excluding steroid dienone is 1. The lowest BCUT2D eigenvalue weighted by Crippen LogP contribution is -2.21.